The average Bonchev–Trinajstić information content (AvgIpc) is 2.73. The van der Waals surface area contributed by atoms with E-state index in [-0.39, 0.29) is 18.0 Å². The van der Waals surface area contributed by atoms with E-state index in [1.807, 2.05) is 56.6 Å². The van der Waals surface area contributed by atoms with Gasteiger partial charge in [0, 0.05) is 30.4 Å². The summed E-state index contributed by atoms with van der Waals surface area (Å²) in [7, 11) is 3.89. The molecule has 3 rings (SSSR count). The summed E-state index contributed by atoms with van der Waals surface area (Å²) in [5.41, 5.74) is 2.60. The van der Waals surface area contributed by atoms with Gasteiger partial charge in [0.1, 0.15) is 0 Å². The fraction of sp³-hybridized carbons (Fsp3) is 0.476. The summed E-state index contributed by atoms with van der Waals surface area (Å²) in [5, 5.41) is 18.2. The summed E-state index contributed by atoms with van der Waals surface area (Å²) in [6.45, 7) is 0. The first kappa shape index (κ1) is 19.3. The van der Waals surface area contributed by atoms with E-state index in [2.05, 4.69) is 26.2 Å². The third-order valence-electron chi connectivity index (χ3n) is 5.29. The molecule has 1 aromatic rings. The van der Waals surface area contributed by atoms with E-state index in [4.69, 9.17) is 0 Å². The molecule has 0 spiro atoms. The Labute approximate surface area is 161 Å². The van der Waals surface area contributed by atoms with E-state index in [1.165, 1.54) is 0 Å². The molecule has 2 aliphatic rings. The number of anilines is 1. The minimum Gasteiger partial charge on any atom is -0.388 e. The van der Waals surface area contributed by atoms with Gasteiger partial charge in [-0.25, -0.2) is 0 Å². The summed E-state index contributed by atoms with van der Waals surface area (Å²) < 4.78 is 0. The molecule has 144 valence electrons. The lowest BCUT2D eigenvalue weighted by molar-refractivity contribution is -0.118. The standard InChI is InChI=1S/C21H29N5O/c1-22-16-7-11-18(12-8-16)24-21(27)15-3-5-19(6-4-15)25-26-20-13-9-17(23-2)10-14-20/h3-5,9-10,13-14,16,18-19,22-23H,6-8,11-12H2,1-2H3,(H,24,27). The van der Waals surface area contributed by atoms with Crippen LogP contribution in [0.15, 0.2) is 58.3 Å². The van der Waals surface area contributed by atoms with Crippen molar-refractivity contribution in [2.75, 3.05) is 19.4 Å². The number of benzene rings is 1. The van der Waals surface area contributed by atoms with Crippen LogP contribution in [0.2, 0.25) is 0 Å². The Morgan fingerprint density at radius 1 is 1.04 bits per heavy atom. The third-order valence-corrected chi connectivity index (χ3v) is 5.29. The maximum absolute atomic E-state index is 12.5. The molecule has 1 atom stereocenters. The zero-order valence-electron chi connectivity index (χ0n) is 16.1. The fourth-order valence-corrected chi connectivity index (χ4v) is 3.49. The van der Waals surface area contributed by atoms with Crippen molar-refractivity contribution in [2.45, 2.75) is 50.2 Å². The number of azo groups is 1. The van der Waals surface area contributed by atoms with Gasteiger partial charge in [-0.3, -0.25) is 4.79 Å². The molecule has 0 radical (unpaired) electrons. The number of amides is 1. The predicted octanol–water partition coefficient (Wildman–Crippen LogP) is 3.71. The molecule has 0 aromatic heterocycles. The highest BCUT2D eigenvalue weighted by molar-refractivity contribution is 5.96. The monoisotopic (exact) mass is 367 g/mol. The van der Waals surface area contributed by atoms with Crippen molar-refractivity contribution in [2.24, 2.45) is 10.2 Å². The number of carbonyl (C=O) groups is 1. The van der Waals surface area contributed by atoms with Crippen molar-refractivity contribution in [1.82, 2.24) is 10.6 Å². The Hall–Kier alpha value is -2.47. The SMILES string of the molecule is CNc1ccc(N=NC2C=CC(C(=O)NC3CCC(NC)CC3)=CC2)cc1. The van der Waals surface area contributed by atoms with Gasteiger partial charge >= 0.3 is 0 Å². The molecule has 0 heterocycles. The van der Waals surface area contributed by atoms with Crippen molar-refractivity contribution in [3.05, 3.63) is 48.1 Å². The Morgan fingerprint density at radius 3 is 2.33 bits per heavy atom. The zero-order chi connectivity index (χ0) is 19.1. The van der Waals surface area contributed by atoms with Crippen LogP contribution in [0.4, 0.5) is 11.4 Å². The number of nitrogens with one attached hydrogen (secondary N) is 3. The summed E-state index contributed by atoms with van der Waals surface area (Å²) in [4.78, 5) is 12.5. The number of hydrogen-bond donors (Lipinski definition) is 3. The van der Waals surface area contributed by atoms with Gasteiger partial charge in [0.25, 0.3) is 5.91 Å². The maximum Gasteiger partial charge on any atom is 0.251 e. The summed E-state index contributed by atoms with van der Waals surface area (Å²) in [5.74, 6) is 0.0252. The normalized spacial score (nSPS) is 25.3. The number of carbonyl (C=O) groups excluding carboxylic acids is 1. The lowest BCUT2D eigenvalue weighted by Crippen LogP contribution is -2.41. The van der Waals surface area contributed by atoms with Crippen molar-refractivity contribution in [3.63, 3.8) is 0 Å². The molecule has 1 saturated carbocycles. The van der Waals surface area contributed by atoms with E-state index in [0.717, 1.165) is 42.6 Å². The van der Waals surface area contributed by atoms with Gasteiger partial charge in [-0.2, -0.15) is 10.2 Å². The van der Waals surface area contributed by atoms with E-state index in [1.54, 1.807) is 0 Å². The quantitative estimate of drug-likeness (QED) is 0.671. The van der Waals surface area contributed by atoms with Crippen molar-refractivity contribution >= 4 is 17.3 Å². The molecule has 0 bridgehead atoms. The smallest absolute Gasteiger partial charge is 0.251 e. The molecule has 1 aromatic carbocycles. The number of rotatable bonds is 6. The third kappa shape index (κ3) is 5.50. The predicted molar refractivity (Wildman–Crippen MR) is 109 cm³/mol. The largest absolute Gasteiger partial charge is 0.388 e. The van der Waals surface area contributed by atoms with Crippen LogP contribution in [0, 0.1) is 0 Å². The molecular weight excluding hydrogens is 338 g/mol. The molecule has 1 amide bonds. The van der Waals surface area contributed by atoms with Crippen LogP contribution in [-0.2, 0) is 4.79 Å². The van der Waals surface area contributed by atoms with E-state index < -0.39 is 0 Å². The highest BCUT2D eigenvalue weighted by atomic mass is 16.1. The molecule has 6 nitrogen and oxygen atoms in total. The first-order valence-electron chi connectivity index (χ1n) is 9.73. The number of hydrogen-bond acceptors (Lipinski definition) is 5. The second-order valence-corrected chi connectivity index (χ2v) is 7.14. The Kier molecular flexibility index (Phi) is 6.76. The van der Waals surface area contributed by atoms with E-state index in [9.17, 15) is 4.79 Å². The highest BCUT2D eigenvalue weighted by Gasteiger charge is 2.22. The molecule has 1 unspecified atom stereocenters. The van der Waals surface area contributed by atoms with Crippen LogP contribution in [0.25, 0.3) is 0 Å². The molecule has 1 fully saturated rings. The Balaban J connectivity index is 1.47. The number of nitrogens with zero attached hydrogens (tertiary/aromatic N) is 2. The van der Waals surface area contributed by atoms with Crippen LogP contribution >= 0.6 is 0 Å². The highest BCUT2D eigenvalue weighted by Crippen LogP contribution is 2.21. The van der Waals surface area contributed by atoms with Gasteiger partial charge in [-0.05, 0) is 63.4 Å². The van der Waals surface area contributed by atoms with Gasteiger partial charge in [-0.15, -0.1) is 0 Å². The first-order chi connectivity index (χ1) is 13.2. The molecule has 0 aliphatic heterocycles. The lowest BCUT2D eigenvalue weighted by Gasteiger charge is -2.29. The molecule has 2 aliphatic carbocycles. The van der Waals surface area contributed by atoms with Crippen LogP contribution in [0.1, 0.15) is 32.1 Å². The Bertz CT molecular complexity index is 715. The minimum absolute atomic E-state index is 0.0170. The molecule has 3 N–H and O–H groups in total. The Morgan fingerprint density at radius 2 is 1.74 bits per heavy atom. The summed E-state index contributed by atoms with van der Waals surface area (Å²) in [6, 6.07) is 8.66. The average molecular weight is 367 g/mol. The van der Waals surface area contributed by atoms with E-state index >= 15 is 0 Å². The van der Waals surface area contributed by atoms with Crippen molar-refractivity contribution < 1.29 is 4.79 Å². The van der Waals surface area contributed by atoms with Gasteiger partial charge in [0.15, 0.2) is 0 Å². The first-order valence-corrected chi connectivity index (χ1v) is 9.73. The molecular formula is C21H29N5O. The summed E-state index contributed by atoms with van der Waals surface area (Å²) >= 11 is 0. The van der Waals surface area contributed by atoms with Gasteiger partial charge in [-0.1, -0.05) is 18.2 Å². The van der Waals surface area contributed by atoms with Crippen LogP contribution in [0.3, 0.4) is 0 Å². The van der Waals surface area contributed by atoms with Crippen LogP contribution < -0.4 is 16.0 Å². The van der Waals surface area contributed by atoms with Gasteiger partial charge < -0.3 is 16.0 Å². The van der Waals surface area contributed by atoms with Crippen LogP contribution in [0.5, 0.6) is 0 Å². The van der Waals surface area contributed by atoms with Crippen LogP contribution in [-0.4, -0.2) is 38.1 Å². The molecule has 27 heavy (non-hydrogen) atoms. The second-order valence-electron chi connectivity index (χ2n) is 7.14. The fourth-order valence-electron chi connectivity index (χ4n) is 3.49. The molecule has 6 heteroatoms. The zero-order valence-corrected chi connectivity index (χ0v) is 16.1. The van der Waals surface area contributed by atoms with E-state index in [0.29, 0.717) is 12.5 Å². The topological polar surface area (TPSA) is 77.9 Å². The van der Waals surface area contributed by atoms with Crippen molar-refractivity contribution in [1.29, 1.82) is 0 Å². The summed E-state index contributed by atoms with van der Waals surface area (Å²) in [6.07, 6.45) is 10.8. The lowest BCUT2D eigenvalue weighted by atomic mass is 9.91. The minimum atomic E-state index is -0.0170. The van der Waals surface area contributed by atoms with Crippen molar-refractivity contribution in [3.8, 4) is 0 Å². The van der Waals surface area contributed by atoms with Gasteiger partial charge in [0.05, 0.1) is 11.7 Å². The van der Waals surface area contributed by atoms with Gasteiger partial charge in [0.2, 0.25) is 0 Å². The second kappa shape index (κ2) is 9.46. The maximum atomic E-state index is 12.5. The molecule has 0 saturated heterocycles.